The lowest BCUT2D eigenvalue weighted by molar-refractivity contribution is -0.384. The number of hydrogen-bond acceptors (Lipinski definition) is 7. The van der Waals surface area contributed by atoms with Gasteiger partial charge in [-0.1, -0.05) is 24.3 Å². The predicted octanol–water partition coefficient (Wildman–Crippen LogP) is 3.95. The predicted molar refractivity (Wildman–Crippen MR) is 120 cm³/mol. The summed E-state index contributed by atoms with van der Waals surface area (Å²) >= 11 is 0. The van der Waals surface area contributed by atoms with Crippen molar-refractivity contribution in [3.63, 3.8) is 0 Å². The molecule has 0 aliphatic rings. The van der Waals surface area contributed by atoms with E-state index >= 15 is 0 Å². The van der Waals surface area contributed by atoms with Crippen LogP contribution in [0.4, 0.5) is 11.4 Å². The molecule has 0 bridgehead atoms. The molecule has 3 aromatic carbocycles. The van der Waals surface area contributed by atoms with Crippen LogP contribution in [0, 0.1) is 10.1 Å². The molecule has 0 unspecified atom stereocenters. The molecule has 1 amide bonds. The molecule has 0 fully saturated rings. The number of nitro benzene ring substituents is 1. The Hall–Kier alpha value is -4.86. The van der Waals surface area contributed by atoms with Gasteiger partial charge in [-0.3, -0.25) is 19.7 Å². The molecule has 0 aliphatic carbocycles. The van der Waals surface area contributed by atoms with E-state index in [-0.39, 0.29) is 40.2 Å². The van der Waals surface area contributed by atoms with E-state index in [2.05, 4.69) is 5.32 Å². The third-order valence-corrected chi connectivity index (χ3v) is 4.75. The van der Waals surface area contributed by atoms with Crippen LogP contribution in [0.1, 0.15) is 53.9 Å². The number of ketones is 1. The second kappa shape index (κ2) is 10.2. The van der Waals surface area contributed by atoms with E-state index in [1.807, 2.05) is 0 Å². The summed E-state index contributed by atoms with van der Waals surface area (Å²) in [5.74, 6) is -3.52. The van der Waals surface area contributed by atoms with Crippen molar-refractivity contribution in [3.8, 4) is 0 Å². The monoisotopic (exact) mass is 462 g/mol. The molecule has 3 rings (SSSR count). The van der Waals surface area contributed by atoms with Gasteiger partial charge in [0.05, 0.1) is 28.3 Å². The molecule has 3 aromatic rings. The Balaban J connectivity index is 1.94. The number of rotatable bonds is 8. The fourth-order valence-electron chi connectivity index (χ4n) is 3.15. The molecule has 0 saturated carbocycles. The molecule has 10 heteroatoms. The molecule has 10 nitrogen and oxygen atoms in total. The van der Waals surface area contributed by atoms with Gasteiger partial charge in [0.2, 0.25) is 0 Å². The number of carbonyl (C=O) groups excluding carboxylic acids is 3. The number of non-ortho nitro benzene ring substituents is 1. The maximum atomic E-state index is 13.2. The van der Waals surface area contributed by atoms with Crippen molar-refractivity contribution in [3.05, 3.63) is 105 Å². The number of ether oxygens (including phenoxy) is 1. The lowest BCUT2D eigenvalue weighted by Gasteiger charge is -2.12. The smallest absolute Gasteiger partial charge is 0.338 e. The summed E-state index contributed by atoms with van der Waals surface area (Å²) in [4.78, 5) is 59.9. The first-order valence-corrected chi connectivity index (χ1v) is 9.97. The number of aromatic carboxylic acids is 1. The topological polar surface area (TPSA) is 153 Å². The number of nitrogens with one attached hydrogen (secondary N) is 1. The number of nitrogens with zero attached hydrogens (tertiary/aromatic N) is 1. The molecule has 0 saturated heterocycles. The van der Waals surface area contributed by atoms with Gasteiger partial charge in [0.1, 0.15) is 0 Å². The number of carboxylic acid groups (broad SMARTS) is 1. The molecule has 0 heterocycles. The summed E-state index contributed by atoms with van der Waals surface area (Å²) in [5, 5.41) is 23.0. The maximum Gasteiger partial charge on any atom is 0.338 e. The largest absolute Gasteiger partial charge is 0.478 e. The van der Waals surface area contributed by atoms with Crippen LogP contribution in [0.3, 0.4) is 0 Å². The van der Waals surface area contributed by atoms with Crippen molar-refractivity contribution < 1.29 is 33.9 Å². The second-order valence-corrected chi connectivity index (χ2v) is 6.92. The van der Waals surface area contributed by atoms with Crippen LogP contribution in [-0.2, 0) is 4.74 Å². The second-order valence-electron chi connectivity index (χ2n) is 6.92. The summed E-state index contributed by atoms with van der Waals surface area (Å²) in [7, 11) is 0. The first kappa shape index (κ1) is 23.8. The molecule has 0 spiro atoms. The van der Waals surface area contributed by atoms with Crippen LogP contribution in [-0.4, -0.2) is 40.3 Å². The van der Waals surface area contributed by atoms with Gasteiger partial charge in [-0.15, -0.1) is 0 Å². The lowest BCUT2D eigenvalue weighted by atomic mass is 9.97. The van der Waals surface area contributed by atoms with Gasteiger partial charge in [-0.05, 0) is 37.3 Å². The first-order valence-electron chi connectivity index (χ1n) is 9.97. The summed E-state index contributed by atoms with van der Waals surface area (Å²) in [6.07, 6.45) is 0. The fourth-order valence-corrected chi connectivity index (χ4v) is 3.15. The Morgan fingerprint density at radius 3 is 2.32 bits per heavy atom. The van der Waals surface area contributed by atoms with Crippen molar-refractivity contribution in [2.45, 2.75) is 6.92 Å². The highest BCUT2D eigenvalue weighted by molar-refractivity contribution is 6.16. The van der Waals surface area contributed by atoms with E-state index in [1.54, 1.807) is 19.1 Å². The summed E-state index contributed by atoms with van der Waals surface area (Å²) in [6, 6.07) is 14.7. The molecule has 0 atom stereocenters. The van der Waals surface area contributed by atoms with Gasteiger partial charge in [0.25, 0.3) is 11.6 Å². The SMILES string of the molecule is CCOC(=O)c1ccc(C(=O)c2ccccc2NC(=O)c2cccc([N+](=O)[O-])c2)cc1C(=O)O. The zero-order valence-corrected chi connectivity index (χ0v) is 17.8. The number of nitro groups is 1. The molecule has 34 heavy (non-hydrogen) atoms. The van der Waals surface area contributed by atoms with Gasteiger partial charge in [-0.25, -0.2) is 9.59 Å². The summed E-state index contributed by atoms with van der Waals surface area (Å²) in [5.41, 5.74) is -0.691. The number of hydrogen-bond donors (Lipinski definition) is 2. The zero-order valence-electron chi connectivity index (χ0n) is 17.8. The summed E-state index contributed by atoms with van der Waals surface area (Å²) < 4.78 is 4.85. The number of carboxylic acids is 1. The molecule has 2 N–H and O–H groups in total. The Morgan fingerprint density at radius 1 is 0.912 bits per heavy atom. The van der Waals surface area contributed by atoms with Crippen molar-refractivity contribution >= 4 is 35.0 Å². The van der Waals surface area contributed by atoms with E-state index in [9.17, 15) is 34.4 Å². The lowest BCUT2D eigenvalue weighted by Crippen LogP contribution is -2.16. The number of anilines is 1. The number of esters is 1. The average molecular weight is 462 g/mol. The Bertz CT molecular complexity index is 1320. The van der Waals surface area contributed by atoms with Gasteiger partial charge < -0.3 is 15.2 Å². The highest BCUT2D eigenvalue weighted by atomic mass is 16.6. The van der Waals surface area contributed by atoms with Crippen molar-refractivity contribution in [1.29, 1.82) is 0 Å². The molecular formula is C24H18N2O8. The molecule has 0 radical (unpaired) electrons. The third-order valence-electron chi connectivity index (χ3n) is 4.75. The minimum absolute atomic E-state index is 0.0170. The van der Waals surface area contributed by atoms with Crippen molar-refractivity contribution in [2.24, 2.45) is 0 Å². The fraction of sp³-hybridized carbons (Fsp3) is 0.0833. The van der Waals surface area contributed by atoms with Crippen molar-refractivity contribution in [2.75, 3.05) is 11.9 Å². The van der Waals surface area contributed by atoms with E-state index < -0.39 is 34.1 Å². The summed E-state index contributed by atoms with van der Waals surface area (Å²) in [6.45, 7) is 1.63. The standard InChI is InChI=1S/C24H18N2O8/c1-2-34-24(31)17-11-10-14(13-19(17)23(29)30)21(27)18-8-3-4-9-20(18)25-22(28)15-6-5-7-16(12-15)26(32)33/h3-13H,2H2,1H3,(H,25,28)(H,29,30). The van der Waals surface area contributed by atoms with E-state index in [0.29, 0.717) is 0 Å². The van der Waals surface area contributed by atoms with E-state index in [0.717, 1.165) is 12.1 Å². The quantitative estimate of drug-likeness (QED) is 0.221. The number of carbonyl (C=O) groups is 4. The van der Waals surface area contributed by atoms with Gasteiger partial charge in [0.15, 0.2) is 5.78 Å². The van der Waals surface area contributed by atoms with Gasteiger partial charge >= 0.3 is 11.9 Å². The maximum absolute atomic E-state index is 13.2. The van der Waals surface area contributed by atoms with Crippen LogP contribution < -0.4 is 5.32 Å². The highest BCUT2D eigenvalue weighted by Crippen LogP contribution is 2.23. The highest BCUT2D eigenvalue weighted by Gasteiger charge is 2.22. The molecule has 172 valence electrons. The Kier molecular flexibility index (Phi) is 7.12. The van der Waals surface area contributed by atoms with Gasteiger partial charge in [-0.2, -0.15) is 0 Å². The van der Waals surface area contributed by atoms with E-state index in [1.165, 1.54) is 42.5 Å². The van der Waals surface area contributed by atoms with Crippen LogP contribution in [0.15, 0.2) is 66.7 Å². The van der Waals surface area contributed by atoms with E-state index in [4.69, 9.17) is 4.74 Å². The van der Waals surface area contributed by atoms with Crippen LogP contribution in [0.5, 0.6) is 0 Å². The molecular weight excluding hydrogens is 444 g/mol. The molecule has 0 aromatic heterocycles. The average Bonchev–Trinajstić information content (AvgIpc) is 2.83. The minimum atomic E-state index is -1.41. The number of amides is 1. The minimum Gasteiger partial charge on any atom is -0.478 e. The third kappa shape index (κ3) is 5.13. The van der Waals surface area contributed by atoms with Crippen LogP contribution in [0.25, 0.3) is 0 Å². The van der Waals surface area contributed by atoms with Crippen molar-refractivity contribution in [1.82, 2.24) is 0 Å². The van der Waals surface area contributed by atoms with Crippen LogP contribution in [0.2, 0.25) is 0 Å². The zero-order chi connectivity index (χ0) is 24.8. The molecule has 0 aliphatic heterocycles. The number of benzene rings is 3. The normalized spacial score (nSPS) is 10.3. The van der Waals surface area contributed by atoms with Crippen LogP contribution >= 0.6 is 0 Å². The van der Waals surface area contributed by atoms with Gasteiger partial charge in [0, 0.05) is 28.8 Å². The first-order chi connectivity index (χ1) is 16.2. The number of para-hydroxylation sites is 1. The Morgan fingerprint density at radius 2 is 1.65 bits per heavy atom. The Labute approximate surface area is 192 Å².